The molecular formula is C12H11N2O3-. The molecule has 1 aromatic heterocycles. The second-order valence-corrected chi connectivity index (χ2v) is 3.66. The summed E-state index contributed by atoms with van der Waals surface area (Å²) in [5, 5.41) is 11.4. The van der Waals surface area contributed by atoms with Crippen LogP contribution in [0.4, 0.5) is 0 Å². The van der Waals surface area contributed by atoms with Gasteiger partial charge in [0, 0.05) is 12.6 Å². The van der Waals surface area contributed by atoms with Crippen molar-refractivity contribution in [2.45, 2.75) is 13.0 Å². The Balaban J connectivity index is 2.21. The van der Waals surface area contributed by atoms with Gasteiger partial charge >= 0.3 is 5.69 Å². The van der Waals surface area contributed by atoms with Crippen molar-refractivity contribution < 1.29 is 5.11 Å². The molecule has 0 aliphatic carbocycles. The summed E-state index contributed by atoms with van der Waals surface area (Å²) in [6.45, 7) is 0.262. The number of nitrogens with zero attached hydrogens (tertiary/aromatic N) is 1. The summed E-state index contributed by atoms with van der Waals surface area (Å²) in [5.74, 6) is -0.560. The van der Waals surface area contributed by atoms with Gasteiger partial charge in [0.25, 0.3) is 5.56 Å². The van der Waals surface area contributed by atoms with E-state index in [1.807, 2.05) is 30.3 Å². The average molecular weight is 231 g/mol. The minimum Gasteiger partial charge on any atom is -0.860 e. The highest BCUT2D eigenvalue weighted by Crippen LogP contribution is 2.03. The molecule has 5 nitrogen and oxygen atoms in total. The van der Waals surface area contributed by atoms with E-state index in [1.54, 1.807) is 0 Å². The number of rotatable bonds is 3. The molecule has 0 radical (unpaired) electrons. The second-order valence-electron chi connectivity index (χ2n) is 3.66. The molecule has 5 heteroatoms. The van der Waals surface area contributed by atoms with Crippen LogP contribution in [0.5, 0.6) is 5.88 Å². The van der Waals surface area contributed by atoms with Gasteiger partial charge in [0.05, 0.1) is 0 Å². The molecule has 0 bridgehead atoms. The first-order valence-corrected chi connectivity index (χ1v) is 5.22. The lowest BCUT2D eigenvalue weighted by atomic mass is 10.1. The van der Waals surface area contributed by atoms with Crippen molar-refractivity contribution in [3.05, 3.63) is 62.8 Å². The van der Waals surface area contributed by atoms with E-state index in [4.69, 9.17) is 0 Å². The Kier molecular flexibility index (Phi) is 3.09. The largest absolute Gasteiger partial charge is 0.860 e. The van der Waals surface area contributed by atoms with Crippen molar-refractivity contribution in [3.63, 3.8) is 0 Å². The number of benzene rings is 1. The standard InChI is InChI=1S/C12H12N2O3/c15-10-8-11(16)14(12(17)13-10)7-6-9-4-2-1-3-5-9/h1-5,8,16H,6-7H2,(H,13,15,17)/p-1. The molecule has 2 aromatic rings. The highest BCUT2D eigenvalue weighted by Gasteiger charge is 1.99. The fourth-order valence-corrected chi connectivity index (χ4v) is 1.60. The lowest BCUT2D eigenvalue weighted by molar-refractivity contribution is -0.280. The second kappa shape index (κ2) is 4.69. The van der Waals surface area contributed by atoms with Crippen LogP contribution in [-0.2, 0) is 13.0 Å². The Bertz CT molecular complexity index is 614. The van der Waals surface area contributed by atoms with Gasteiger partial charge in [0.1, 0.15) is 0 Å². The van der Waals surface area contributed by atoms with Crippen LogP contribution in [0.3, 0.4) is 0 Å². The Hall–Kier alpha value is -2.30. The number of aromatic nitrogens is 2. The number of hydrogen-bond acceptors (Lipinski definition) is 3. The van der Waals surface area contributed by atoms with E-state index in [9.17, 15) is 14.7 Å². The van der Waals surface area contributed by atoms with Gasteiger partial charge in [-0.2, -0.15) is 0 Å². The van der Waals surface area contributed by atoms with Crippen molar-refractivity contribution in [2.24, 2.45) is 0 Å². The summed E-state index contributed by atoms with van der Waals surface area (Å²) < 4.78 is 1.02. The molecule has 2 rings (SSSR count). The van der Waals surface area contributed by atoms with E-state index in [-0.39, 0.29) is 6.54 Å². The van der Waals surface area contributed by atoms with Gasteiger partial charge in [-0.1, -0.05) is 30.3 Å². The molecule has 0 spiro atoms. The van der Waals surface area contributed by atoms with Gasteiger partial charge in [-0.05, 0) is 17.9 Å². The first-order chi connectivity index (χ1) is 8.16. The van der Waals surface area contributed by atoms with E-state index in [0.717, 1.165) is 16.2 Å². The fraction of sp³-hybridized carbons (Fsp3) is 0.167. The van der Waals surface area contributed by atoms with Crippen LogP contribution >= 0.6 is 0 Å². The molecule has 0 amide bonds. The summed E-state index contributed by atoms with van der Waals surface area (Å²) in [6.07, 6.45) is 0.571. The van der Waals surface area contributed by atoms with E-state index in [2.05, 4.69) is 4.98 Å². The van der Waals surface area contributed by atoms with E-state index in [0.29, 0.717) is 6.42 Å². The molecule has 0 saturated heterocycles. The monoisotopic (exact) mass is 231 g/mol. The Morgan fingerprint density at radius 3 is 2.53 bits per heavy atom. The Morgan fingerprint density at radius 2 is 1.88 bits per heavy atom. The third-order valence-corrected chi connectivity index (χ3v) is 2.46. The Morgan fingerprint density at radius 1 is 1.18 bits per heavy atom. The van der Waals surface area contributed by atoms with Crippen LogP contribution in [0, 0.1) is 0 Å². The van der Waals surface area contributed by atoms with Crippen LogP contribution in [0.2, 0.25) is 0 Å². The smallest absolute Gasteiger partial charge is 0.327 e. The molecule has 0 fully saturated rings. The summed E-state index contributed by atoms with van der Waals surface area (Å²) in [7, 11) is 0. The lowest BCUT2D eigenvalue weighted by Gasteiger charge is -2.14. The van der Waals surface area contributed by atoms with Crippen molar-refractivity contribution in [1.29, 1.82) is 0 Å². The van der Waals surface area contributed by atoms with E-state index >= 15 is 0 Å². The molecule has 17 heavy (non-hydrogen) atoms. The van der Waals surface area contributed by atoms with Crippen molar-refractivity contribution in [3.8, 4) is 5.88 Å². The SMILES string of the molecule is O=c1cc([O-])n(CCc2ccccc2)c(=O)[nH]1. The number of aromatic amines is 1. The summed E-state index contributed by atoms with van der Waals surface area (Å²) in [6, 6.07) is 10.4. The van der Waals surface area contributed by atoms with E-state index in [1.165, 1.54) is 0 Å². The van der Waals surface area contributed by atoms with E-state index < -0.39 is 17.1 Å². The molecule has 1 aromatic carbocycles. The van der Waals surface area contributed by atoms with Gasteiger partial charge in [-0.25, -0.2) is 4.79 Å². The lowest BCUT2D eigenvalue weighted by Crippen LogP contribution is -2.32. The minimum absolute atomic E-state index is 0.262. The molecule has 0 atom stereocenters. The topological polar surface area (TPSA) is 77.9 Å². The zero-order valence-electron chi connectivity index (χ0n) is 9.05. The Labute approximate surface area is 97.0 Å². The van der Waals surface area contributed by atoms with Crippen molar-refractivity contribution in [1.82, 2.24) is 9.55 Å². The third-order valence-electron chi connectivity index (χ3n) is 2.46. The van der Waals surface area contributed by atoms with Gasteiger partial charge in [-0.3, -0.25) is 9.78 Å². The number of aryl methyl sites for hydroxylation is 1. The molecular weight excluding hydrogens is 220 g/mol. The van der Waals surface area contributed by atoms with Crippen LogP contribution in [0.15, 0.2) is 46.0 Å². The predicted molar refractivity (Wildman–Crippen MR) is 60.9 cm³/mol. The highest BCUT2D eigenvalue weighted by atomic mass is 16.3. The first kappa shape index (κ1) is 11.2. The zero-order valence-corrected chi connectivity index (χ0v) is 9.05. The maximum atomic E-state index is 11.4. The van der Waals surface area contributed by atoms with Gasteiger partial charge in [0.15, 0.2) is 0 Å². The van der Waals surface area contributed by atoms with Crippen molar-refractivity contribution >= 4 is 0 Å². The third kappa shape index (κ3) is 2.63. The number of hydrogen-bond donors (Lipinski definition) is 1. The van der Waals surface area contributed by atoms with Crippen LogP contribution in [-0.4, -0.2) is 9.55 Å². The minimum atomic E-state index is -0.657. The maximum absolute atomic E-state index is 11.4. The molecule has 0 unspecified atom stereocenters. The van der Waals surface area contributed by atoms with Crippen LogP contribution < -0.4 is 16.4 Å². The molecule has 1 heterocycles. The number of H-pyrrole nitrogens is 1. The number of nitrogens with one attached hydrogen (secondary N) is 1. The predicted octanol–water partition coefficient (Wildman–Crippen LogP) is -0.147. The normalized spacial score (nSPS) is 10.4. The van der Waals surface area contributed by atoms with Gasteiger partial charge in [0.2, 0.25) is 0 Å². The summed E-state index contributed by atoms with van der Waals surface area (Å²) in [5.41, 5.74) is -0.278. The molecule has 0 aliphatic heterocycles. The zero-order chi connectivity index (χ0) is 12.3. The first-order valence-electron chi connectivity index (χ1n) is 5.22. The molecule has 0 aliphatic rings. The molecule has 88 valence electrons. The fourth-order valence-electron chi connectivity index (χ4n) is 1.60. The van der Waals surface area contributed by atoms with Crippen LogP contribution in [0.25, 0.3) is 0 Å². The quantitative estimate of drug-likeness (QED) is 0.798. The summed E-state index contributed by atoms with van der Waals surface area (Å²) >= 11 is 0. The van der Waals surface area contributed by atoms with Gasteiger partial charge < -0.3 is 9.67 Å². The summed E-state index contributed by atoms with van der Waals surface area (Å²) in [4.78, 5) is 24.3. The van der Waals surface area contributed by atoms with Gasteiger partial charge in [-0.15, -0.1) is 0 Å². The molecule has 0 saturated carbocycles. The highest BCUT2D eigenvalue weighted by molar-refractivity contribution is 5.15. The molecule has 1 N–H and O–H groups in total. The van der Waals surface area contributed by atoms with Crippen LogP contribution in [0.1, 0.15) is 5.56 Å². The average Bonchev–Trinajstić information content (AvgIpc) is 2.29. The maximum Gasteiger partial charge on any atom is 0.327 e. The van der Waals surface area contributed by atoms with Crippen molar-refractivity contribution in [2.75, 3.05) is 0 Å².